The van der Waals surface area contributed by atoms with Crippen LogP contribution in [-0.2, 0) is 4.79 Å². The van der Waals surface area contributed by atoms with Gasteiger partial charge >= 0.3 is 0 Å². The summed E-state index contributed by atoms with van der Waals surface area (Å²) in [4.78, 5) is 11.2. The summed E-state index contributed by atoms with van der Waals surface area (Å²) < 4.78 is 1.87. The first-order valence-electron chi connectivity index (χ1n) is 4.09. The van der Waals surface area contributed by atoms with Crippen molar-refractivity contribution in [3.8, 4) is 0 Å². The summed E-state index contributed by atoms with van der Waals surface area (Å²) in [7, 11) is 0. The molecule has 1 rings (SSSR count). The Hall–Kier alpha value is -1.17. The molecule has 0 aliphatic heterocycles. The van der Waals surface area contributed by atoms with Crippen molar-refractivity contribution >= 4 is 18.1 Å². The lowest BCUT2D eigenvalue weighted by Gasteiger charge is -2.04. The van der Waals surface area contributed by atoms with E-state index < -0.39 is 0 Å². The van der Waals surface area contributed by atoms with E-state index >= 15 is 0 Å². The van der Waals surface area contributed by atoms with Crippen molar-refractivity contribution in [1.82, 2.24) is 14.9 Å². The standard InChI is InChI=1S/C7H12N4OS/c1-3-4-6(12)10-11-5(2)8-9-7(11)13/h3-4H2,1-2H3,(H,9,13)(H,10,12). The van der Waals surface area contributed by atoms with Crippen LogP contribution < -0.4 is 5.43 Å². The molecule has 1 amide bonds. The predicted molar refractivity (Wildman–Crippen MR) is 51.4 cm³/mol. The topological polar surface area (TPSA) is 62.7 Å². The van der Waals surface area contributed by atoms with Crippen LogP contribution in [0.2, 0.25) is 0 Å². The minimum Gasteiger partial charge on any atom is -0.273 e. The van der Waals surface area contributed by atoms with E-state index in [-0.39, 0.29) is 5.91 Å². The molecule has 0 unspecified atom stereocenters. The minimum absolute atomic E-state index is 0.0527. The maximum absolute atomic E-state index is 11.2. The highest BCUT2D eigenvalue weighted by molar-refractivity contribution is 7.71. The van der Waals surface area contributed by atoms with Gasteiger partial charge in [0.05, 0.1) is 0 Å². The number of hydrogen-bond donors (Lipinski definition) is 2. The lowest BCUT2D eigenvalue weighted by Crippen LogP contribution is -2.23. The molecule has 2 N–H and O–H groups in total. The summed E-state index contributed by atoms with van der Waals surface area (Å²) in [6, 6.07) is 0. The average Bonchev–Trinajstić information content (AvgIpc) is 2.36. The van der Waals surface area contributed by atoms with Crippen LogP contribution in [0.5, 0.6) is 0 Å². The Morgan fingerprint density at radius 2 is 2.46 bits per heavy atom. The van der Waals surface area contributed by atoms with Crippen molar-refractivity contribution < 1.29 is 4.79 Å². The van der Waals surface area contributed by atoms with Crippen molar-refractivity contribution in [2.24, 2.45) is 0 Å². The van der Waals surface area contributed by atoms with Crippen LogP contribution in [0.15, 0.2) is 0 Å². The van der Waals surface area contributed by atoms with E-state index in [9.17, 15) is 4.79 Å². The Morgan fingerprint density at radius 1 is 1.77 bits per heavy atom. The van der Waals surface area contributed by atoms with Crippen LogP contribution in [0.1, 0.15) is 25.6 Å². The molecule has 0 saturated carbocycles. The summed E-state index contributed by atoms with van der Waals surface area (Å²) in [5.74, 6) is 0.595. The summed E-state index contributed by atoms with van der Waals surface area (Å²) >= 11 is 4.91. The summed E-state index contributed by atoms with van der Waals surface area (Å²) in [6.07, 6.45) is 1.31. The van der Waals surface area contributed by atoms with Gasteiger partial charge in [-0.15, -0.1) is 0 Å². The number of carbonyl (C=O) groups is 1. The fraction of sp³-hybridized carbons (Fsp3) is 0.571. The monoisotopic (exact) mass is 200 g/mol. The number of aromatic nitrogens is 3. The quantitative estimate of drug-likeness (QED) is 0.719. The Labute approximate surface area is 81.1 Å². The van der Waals surface area contributed by atoms with E-state index in [2.05, 4.69) is 15.6 Å². The molecule has 0 atom stereocenters. The van der Waals surface area contributed by atoms with Crippen LogP contribution in [0.25, 0.3) is 0 Å². The van der Waals surface area contributed by atoms with E-state index in [0.717, 1.165) is 6.42 Å². The summed E-state index contributed by atoms with van der Waals surface area (Å²) in [5, 5.41) is 6.45. The van der Waals surface area contributed by atoms with Crippen molar-refractivity contribution in [2.45, 2.75) is 26.7 Å². The molecule has 6 heteroatoms. The third-order valence-electron chi connectivity index (χ3n) is 1.55. The second-order valence-corrected chi connectivity index (χ2v) is 3.08. The van der Waals surface area contributed by atoms with Crippen molar-refractivity contribution in [3.63, 3.8) is 0 Å². The van der Waals surface area contributed by atoms with Gasteiger partial charge in [0, 0.05) is 6.42 Å². The maximum Gasteiger partial charge on any atom is 0.238 e. The van der Waals surface area contributed by atoms with Gasteiger partial charge in [0.25, 0.3) is 0 Å². The van der Waals surface area contributed by atoms with E-state index in [1.165, 1.54) is 4.68 Å². The molecule has 13 heavy (non-hydrogen) atoms. The first kappa shape index (κ1) is 9.91. The highest BCUT2D eigenvalue weighted by atomic mass is 32.1. The van der Waals surface area contributed by atoms with Gasteiger partial charge in [0.1, 0.15) is 5.82 Å². The highest BCUT2D eigenvalue weighted by Gasteiger charge is 2.04. The van der Waals surface area contributed by atoms with Gasteiger partial charge in [0.2, 0.25) is 10.7 Å². The molecule has 0 saturated heterocycles. The zero-order valence-corrected chi connectivity index (χ0v) is 8.44. The molecule has 0 spiro atoms. The Kier molecular flexibility index (Phi) is 3.18. The molecule has 1 heterocycles. The number of H-pyrrole nitrogens is 1. The molecule has 0 aliphatic carbocycles. The lowest BCUT2D eigenvalue weighted by molar-refractivity contribution is -0.117. The van der Waals surface area contributed by atoms with Crippen molar-refractivity contribution in [3.05, 3.63) is 10.6 Å². The van der Waals surface area contributed by atoms with Crippen LogP contribution >= 0.6 is 12.2 Å². The number of amides is 1. The van der Waals surface area contributed by atoms with Gasteiger partial charge in [-0.25, -0.2) is 4.68 Å². The van der Waals surface area contributed by atoms with Crippen molar-refractivity contribution in [1.29, 1.82) is 0 Å². The molecule has 5 nitrogen and oxygen atoms in total. The molecule has 0 aliphatic rings. The largest absolute Gasteiger partial charge is 0.273 e. The molecule has 0 fully saturated rings. The number of nitrogens with zero attached hydrogens (tertiary/aromatic N) is 2. The molecular formula is C7H12N4OS. The number of aromatic amines is 1. The van der Waals surface area contributed by atoms with Crippen LogP contribution in [0.4, 0.5) is 0 Å². The van der Waals surface area contributed by atoms with Crippen molar-refractivity contribution in [2.75, 3.05) is 5.43 Å². The summed E-state index contributed by atoms with van der Waals surface area (Å²) in [5.41, 5.74) is 2.64. The van der Waals surface area contributed by atoms with Gasteiger partial charge in [-0.1, -0.05) is 6.92 Å². The fourth-order valence-electron chi connectivity index (χ4n) is 0.915. The lowest BCUT2D eigenvalue weighted by atomic mass is 10.3. The Balaban J connectivity index is 2.74. The third-order valence-corrected chi connectivity index (χ3v) is 1.83. The normalized spacial score (nSPS) is 10.0. The second kappa shape index (κ2) is 4.18. The van der Waals surface area contributed by atoms with Gasteiger partial charge in [-0.2, -0.15) is 5.10 Å². The SMILES string of the molecule is CCCC(=O)Nn1c(C)n[nH]c1=S. The minimum atomic E-state index is -0.0527. The number of hydrogen-bond acceptors (Lipinski definition) is 3. The van der Waals surface area contributed by atoms with E-state index in [1.807, 2.05) is 6.92 Å². The summed E-state index contributed by atoms with van der Waals surface area (Å²) in [6.45, 7) is 3.71. The van der Waals surface area contributed by atoms with Gasteiger partial charge in [0.15, 0.2) is 0 Å². The Bertz CT molecular complexity index is 354. The third kappa shape index (κ3) is 2.38. The molecule has 1 aromatic rings. The number of nitrogens with one attached hydrogen (secondary N) is 2. The fourth-order valence-corrected chi connectivity index (χ4v) is 1.14. The first-order valence-corrected chi connectivity index (χ1v) is 4.50. The number of rotatable bonds is 3. The van der Waals surface area contributed by atoms with Gasteiger partial charge < -0.3 is 0 Å². The van der Waals surface area contributed by atoms with Crippen LogP contribution in [-0.4, -0.2) is 20.8 Å². The highest BCUT2D eigenvalue weighted by Crippen LogP contribution is 1.94. The molecular weight excluding hydrogens is 188 g/mol. The van der Waals surface area contributed by atoms with Gasteiger partial charge in [-0.05, 0) is 25.6 Å². The van der Waals surface area contributed by atoms with Gasteiger partial charge in [-0.3, -0.25) is 15.3 Å². The number of carbonyl (C=O) groups excluding carboxylic acids is 1. The van der Waals surface area contributed by atoms with E-state index in [1.54, 1.807) is 6.92 Å². The average molecular weight is 200 g/mol. The number of aryl methyl sites for hydroxylation is 1. The second-order valence-electron chi connectivity index (χ2n) is 2.70. The van der Waals surface area contributed by atoms with E-state index in [4.69, 9.17) is 12.2 Å². The Morgan fingerprint density at radius 3 is 2.92 bits per heavy atom. The maximum atomic E-state index is 11.2. The van der Waals surface area contributed by atoms with Crippen LogP contribution in [0, 0.1) is 11.7 Å². The van der Waals surface area contributed by atoms with E-state index in [0.29, 0.717) is 17.0 Å². The predicted octanol–water partition coefficient (Wildman–Crippen LogP) is 1.12. The molecule has 0 radical (unpaired) electrons. The first-order chi connectivity index (χ1) is 6.15. The zero-order valence-electron chi connectivity index (χ0n) is 7.63. The molecule has 0 bridgehead atoms. The van der Waals surface area contributed by atoms with Crippen LogP contribution in [0.3, 0.4) is 0 Å². The smallest absolute Gasteiger partial charge is 0.238 e. The zero-order chi connectivity index (χ0) is 9.84. The molecule has 72 valence electrons. The molecule has 0 aromatic carbocycles. The molecule has 1 aromatic heterocycles.